The largest absolute Gasteiger partial charge is 0.497 e. The van der Waals surface area contributed by atoms with E-state index < -0.39 is 18.0 Å². The molecule has 7 nitrogen and oxygen atoms in total. The number of amides is 2. The van der Waals surface area contributed by atoms with Crippen molar-refractivity contribution in [1.82, 2.24) is 5.32 Å². The Balaban J connectivity index is 2.11. The smallest absolute Gasteiger partial charge is 0.319 e. The molecule has 128 valence electrons. The summed E-state index contributed by atoms with van der Waals surface area (Å²) < 4.78 is 5.13. The van der Waals surface area contributed by atoms with Gasteiger partial charge in [-0.15, -0.1) is 0 Å². The summed E-state index contributed by atoms with van der Waals surface area (Å²) in [6.07, 6.45) is -0.270. The maximum atomic E-state index is 12.2. The lowest BCUT2D eigenvalue weighted by Crippen LogP contribution is -2.33. The predicted molar refractivity (Wildman–Crippen MR) is 91.3 cm³/mol. The molecule has 0 aromatic heterocycles. The summed E-state index contributed by atoms with van der Waals surface area (Å²) in [7, 11) is 1.51. The monoisotopic (exact) mass is 339 g/mol. The van der Waals surface area contributed by atoms with Crippen molar-refractivity contribution in [3.63, 3.8) is 0 Å². The number of hydrogen-bond donors (Lipinski definition) is 3. The first kappa shape index (κ1) is 17.8. The molecule has 0 heterocycles. The molecule has 2 aromatic carbocycles. The zero-order chi connectivity index (χ0) is 18.2. The highest BCUT2D eigenvalue weighted by atomic mass is 16.5. The molecule has 25 heavy (non-hydrogen) atoms. The van der Waals surface area contributed by atoms with E-state index in [1.165, 1.54) is 7.11 Å². The number of rotatable bonds is 6. The highest BCUT2D eigenvalue weighted by molar-refractivity contribution is 5.89. The fourth-order valence-electron chi connectivity index (χ4n) is 2.24. The normalized spacial score (nSPS) is 11.0. The fourth-order valence-corrected chi connectivity index (χ4v) is 2.24. The van der Waals surface area contributed by atoms with Crippen LogP contribution in [0.4, 0.5) is 10.5 Å². The number of carbonyl (C=O) groups is 2. The van der Waals surface area contributed by atoms with Gasteiger partial charge in [-0.25, -0.2) is 4.79 Å². The maximum Gasteiger partial charge on any atom is 0.319 e. The topological polar surface area (TPSA) is 111 Å². The minimum Gasteiger partial charge on any atom is -0.497 e. The van der Waals surface area contributed by atoms with Gasteiger partial charge in [0.1, 0.15) is 5.75 Å². The Morgan fingerprint density at radius 1 is 1.24 bits per heavy atom. The molecule has 0 radical (unpaired) electrons. The van der Waals surface area contributed by atoms with Crippen molar-refractivity contribution in [1.29, 1.82) is 5.26 Å². The van der Waals surface area contributed by atoms with Gasteiger partial charge in [-0.1, -0.05) is 12.1 Å². The summed E-state index contributed by atoms with van der Waals surface area (Å²) in [4.78, 5) is 23.3. The first-order valence-electron chi connectivity index (χ1n) is 7.45. The third kappa shape index (κ3) is 5.25. The van der Waals surface area contributed by atoms with Crippen LogP contribution in [0.3, 0.4) is 0 Å². The molecular weight excluding hydrogens is 322 g/mol. The van der Waals surface area contributed by atoms with Gasteiger partial charge in [-0.2, -0.15) is 5.26 Å². The van der Waals surface area contributed by atoms with Gasteiger partial charge in [0.25, 0.3) is 0 Å². The number of methoxy groups -OCH3 is 1. The fraction of sp³-hybridized carbons (Fsp3) is 0.167. The number of ether oxygens (including phenoxy) is 1. The standard InChI is InChI=1S/C18H17N3O4/c1-25-15-4-2-3-13(9-15)16(10-17(22)23)21-18(24)20-14-7-5-12(11-19)6-8-14/h2-9,16H,10H2,1H3,(H,22,23)(H2,20,21,24). The average molecular weight is 339 g/mol. The number of nitriles is 1. The van der Waals surface area contributed by atoms with Gasteiger partial charge in [-0.3, -0.25) is 4.79 Å². The van der Waals surface area contributed by atoms with Crippen molar-refractivity contribution in [2.45, 2.75) is 12.5 Å². The van der Waals surface area contributed by atoms with Gasteiger partial charge in [0.2, 0.25) is 0 Å². The lowest BCUT2D eigenvalue weighted by atomic mass is 10.0. The molecule has 2 rings (SSSR count). The number of carboxylic acids is 1. The number of carbonyl (C=O) groups excluding carboxylic acids is 1. The molecule has 0 saturated heterocycles. The van der Waals surface area contributed by atoms with Crippen molar-refractivity contribution >= 4 is 17.7 Å². The van der Waals surface area contributed by atoms with E-state index in [1.807, 2.05) is 6.07 Å². The van der Waals surface area contributed by atoms with Crippen LogP contribution in [0.15, 0.2) is 48.5 Å². The van der Waals surface area contributed by atoms with Crippen LogP contribution in [-0.2, 0) is 4.79 Å². The first-order chi connectivity index (χ1) is 12.0. The Hall–Kier alpha value is -3.53. The van der Waals surface area contributed by atoms with Crippen molar-refractivity contribution < 1.29 is 19.4 Å². The van der Waals surface area contributed by atoms with Gasteiger partial charge < -0.3 is 20.5 Å². The summed E-state index contributed by atoms with van der Waals surface area (Å²) in [5, 5.41) is 23.1. The maximum absolute atomic E-state index is 12.2. The minimum atomic E-state index is -1.04. The van der Waals surface area contributed by atoms with E-state index >= 15 is 0 Å². The molecule has 2 amide bonds. The summed E-state index contributed by atoms with van der Waals surface area (Å²) in [6, 6.07) is 13.9. The van der Waals surface area contributed by atoms with Crippen molar-refractivity contribution in [3.8, 4) is 11.8 Å². The van der Waals surface area contributed by atoms with Crippen LogP contribution in [0.2, 0.25) is 0 Å². The second kappa shape index (κ2) is 8.36. The summed E-state index contributed by atoms with van der Waals surface area (Å²) in [5.41, 5.74) is 1.60. The molecule has 3 N–H and O–H groups in total. The molecule has 1 atom stereocenters. The Morgan fingerprint density at radius 2 is 1.96 bits per heavy atom. The van der Waals surface area contributed by atoms with Crippen molar-refractivity contribution in [2.75, 3.05) is 12.4 Å². The Kier molecular flexibility index (Phi) is 5.96. The van der Waals surface area contributed by atoms with Gasteiger partial charge in [0.15, 0.2) is 0 Å². The molecule has 0 bridgehead atoms. The highest BCUT2D eigenvalue weighted by Gasteiger charge is 2.18. The highest BCUT2D eigenvalue weighted by Crippen LogP contribution is 2.22. The van der Waals surface area contributed by atoms with Crippen LogP contribution in [-0.4, -0.2) is 24.2 Å². The Morgan fingerprint density at radius 3 is 2.56 bits per heavy atom. The van der Waals surface area contributed by atoms with Crippen LogP contribution in [0.25, 0.3) is 0 Å². The number of nitrogens with one attached hydrogen (secondary N) is 2. The molecular formula is C18H17N3O4. The minimum absolute atomic E-state index is 0.270. The third-order valence-electron chi connectivity index (χ3n) is 3.45. The summed E-state index contributed by atoms with van der Waals surface area (Å²) in [5.74, 6) is -0.464. The van der Waals surface area contributed by atoms with Crippen LogP contribution in [0, 0.1) is 11.3 Å². The van der Waals surface area contributed by atoms with Crippen LogP contribution in [0.5, 0.6) is 5.75 Å². The van der Waals surface area contributed by atoms with E-state index in [0.717, 1.165) is 0 Å². The second-order valence-electron chi connectivity index (χ2n) is 5.21. The molecule has 7 heteroatoms. The van der Waals surface area contributed by atoms with Gasteiger partial charge >= 0.3 is 12.0 Å². The zero-order valence-corrected chi connectivity index (χ0v) is 13.5. The lowest BCUT2D eigenvalue weighted by molar-refractivity contribution is -0.137. The second-order valence-corrected chi connectivity index (χ2v) is 5.21. The molecule has 0 aliphatic heterocycles. The Labute approximate surface area is 144 Å². The van der Waals surface area contributed by atoms with E-state index in [-0.39, 0.29) is 6.42 Å². The van der Waals surface area contributed by atoms with Crippen LogP contribution < -0.4 is 15.4 Å². The van der Waals surface area contributed by atoms with E-state index in [9.17, 15) is 9.59 Å². The number of anilines is 1. The predicted octanol–water partition coefficient (Wildman–Crippen LogP) is 2.90. The van der Waals surface area contributed by atoms with E-state index in [2.05, 4.69) is 10.6 Å². The number of aliphatic carboxylic acids is 1. The van der Waals surface area contributed by atoms with Crippen LogP contribution in [0.1, 0.15) is 23.6 Å². The zero-order valence-electron chi connectivity index (χ0n) is 13.5. The van der Waals surface area contributed by atoms with Gasteiger partial charge in [0.05, 0.1) is 31.2 Å². The van der Waals surface area contributed by atoms with Crippen molar-refractivity contribution in [2.24, 2.45) is 0 Å². The number of carboxylic acid groups (broad SMARTS) is 1. The average Bonchev–Trinajstić information content (AvgIpc) is 2.61. The SMILES string of the molecule is COc1cccc(C(CC(=O)O)NC(=O)Nc2ccc(C#N)cc2)c1. The Bertz CT molecular complexity index is 797. The molecule has 1 unspecified atom stereocenters. The van der Waals surface area contributed by atoms with E-state index in [1.54, 1.807) is 48.5 Å². The van der Waals surface area contributed by atoms with E-state index in [4.69, 9.17) is 15.1 Å². The number of urea groups is 1. The van der Waals surface area contributed by atoms with E-state index in [0.29, 0.717) is 22.6 Å². The molecule has 0 aliphatic carbocycles. The molecule has 0 spiro atoms. The number of benzene rings is 2. The molecule has 0 saturated carbocycles. The summed E-state index contributed by atoms with van der Waals surface area (Å²) >= 11 is 0. The first-order valence-corrected chi connectivity index (χ1v) is 7.45. The van der Waals surface area contributed by atoms with Gasteiger partial charge in [0, 0.05) is 5.69 Å². The van der Waals surface area contributed by atoms with Gasteiger partial charge in [-0.05, 0) is 42.0 Å². The number of nitrogens with zero attached hydrogens (tertiary/aromatic N) is 1. The summed E-state index contributed by atoms with van der Waals surface area (Å²) in [6.45, 7) is 0. The quantitative estimate of drug-likeness (QED) is 0.749. The molecule has 2 aromatic rings. The third-order valence-corrected chi connectivity index (χ3v) is 3.45. The molecule has 0 aliphatic rings. The number of hydrogen-bond acceptors (Lipinski definition) is 4. The van der Waals surface area contributed by atoms with Crippen LogP contribution >= 0.6 is 0 Å². The lowest BCUT2D eigenvalue weighted by Gasteiger charge is -2.18. The molecule has 0 fully saturated rings. The van der Waals surface area contributed by atoms with Crippen molar-refractivity contribution in [3.05, 3.63) is 59.7 Å².